The summed E-state index contributed by atoms with van der Waals surface area (Å²) in [6.07, 6.45) is 0.0329. The van der Waals surface area contributed by atoms with Crippen molar-refractivity contribution < 1.29 is 19.9 Å². The predicted octanol–water partition coefficient (Wildman–Crippen LogP) is 3.64. The van der Waals surface area contributed by atoms with Crippen molar-refractivity contribution in [2.45, 2.75) is 6.10 Å². The monoisotopic (exact) mass is 431 g/mol. The van der Waals surface area contributed by atoms with Crippen molar-refractivity contribution in [2.75, 3.05) is 24.3 Å². The molecule has 0 bridgehead atoms. The van der Waals surface area contributed by atoms with Gasteiger partial charge in [0, 0.05) is 17.3 Å². The van der Waals surface area contributed by atoms with Crippen LogP contribution in [0.3, 0.4) is 0 Å². The first-order valence-corrected chi connectivity index (χ1v) is 9.08. The molecule has 0 saturated carbocycles. The smallest absolute Gasteiger partial charge is 0.329 e. The second-order valence-electron chi connectivity index (χ2n) is 6.14. The third kappa shape index (κ3) is 5.04. The Hall–Kier alpha value is -3.63. The lowest BCUT2D eigenvalue weighted by Gasteiger charge is -2.15. The summed E-state index contributed by atoms with van der Waals surface area (Å²) in [6, 6.07) is 11.2. The third-order valence-electron chi connectivity index (χ3n) is 4.12. The van der Waals surface area contributed by atoms with Gasteiger partial charge in [0.1, 0.15) is 6.20 Å². The van der Waals surface area contributed by atoms with Crippen LogP contribution in [0, 0.1) is 10.1 Å². The molecule has 1 heterocycles. The minimum absolute atomic E-state index is 0.0590. The summed E-state index contributed by atoms with van der Waals surface area (Å²) in [5.41, 5.74) is 0.760. The largest absolute Gasteiger partial charge is 0.504 e. The molecule has 0 radical (unpaired) electrons. The number of nitro groups is 1. The molecular weight excluding hydrogens is 414 g/mol. The minimum atomic E-state index is -1.04. The molecule has 0 aliphatic heterocycles. The highest BCUT2D eigenvalue weighted by Gasteiger charge is 2.19. The Balaban J connectivity index is 1.77. The zero-order valence-electron chi connectivity index (χ0n) is 15.7. The molecule has 0 spiro atoms. The fraction of sp³-hybridized carbons (Fsp3) is 0.158. The molecule has 1 atom stereocenters. The number of halogens is 1. The number of hydrogen-bond acceptors (Lipinski definition) is 9. The van der Waals surface area contributed by atoms with Gasteiger partial charge in [0.25, 0.3) is 0 Å². The van der Waals surface area contributed by atoms with Crippen LogP contribution in [0.1, 0.15) is 11.7 Å². The predicted molar refractivity (Wildman–Crippen MR) is 112 cm³/mol. The molecule has 1 unspecified atom stereocenters. The highest BCUT2D eigenvalue weighted by Crippen LogP contribution is 2.30. The lowest BCUT2D eigenvalue weighted by Crippen LogP contribution is -2.15. The number of phenols is 1. The van der Waals surface area contributed by atoms with E-state index < -0.39 is 11.0 Å². The van der Waals surface area contributed by atoms with Gasteiger partial charge in [-0.25, -0.2) is 4.98 Å². The Bertz CT molecular complexity index is 1050. The number of aromatic nitrogens is 2. The number of phenolic OH excluding ortho intramolecular Hbond substituents is 1. The number of aromatic hydroxyl groups is 1. The van der Waals surface area contributed by atoms with Crippen LogP contribution in [-0.2, 0) is 0 Å². The number of nitrogens with one attached hydrogen (secondary N) is 2. The Morgan fingerprint density at radius 2 is 2.00 bits per heavy atom. The summed E-state index contributed by atoms with van der Waals surface area (Å²) in [5.74, 6) is 0.210. The van der Waals surface area contributed by atoms with E-state index in [9.17, 15) is 20.3 Å². The van der Waals surface area contributed by atoms with Crippen molar-refractivity contribution in [1.29, 1.82) is 0 Å². The first kappa shape index (κ1) is 21.1. The average Bonchev–Trinajstić information content (AvgIpc) is 2.74. The summed E-state index contributed by atoms with van der Waals surface area (Å²) in [7, 11) is 1.39. The van der Waals surface area contributed by atoms with Gasteiger partial charge in [0.15, 0.2) is 11.5 Å². The first-order valence-electron chi connectivity index (χ1n) is 8.70. The lowest BCUT2D eigenvalue weighted by molar-refractivity contribution is -0.384. The van der Waals surface area contributed by atoms with E-state index in [1.807, 2.05) is 0 Å². The molecule has 3 aromatic rings. The summed E-state index contributed by atoms with van der Waals surface area (Å²) in [5, 5.41) is 37.6. The van der Waals surface area contributed by atoms with E-state index in [0.29, 0.717) is 16.3 Å². The molecular formula is C19H18ClN5O5. The Kier molecular flexibility index (Phi) is 6.50. The van der Waals surface area contributed by atoms with Crippen LogP contribution in [0.4, 0.5) is 23.1 Å². The molecule has 1 aromatic heterocycles. The van der Waals surface area contributed by atoms with Crippen LogP contribution in [0.25, 0.3) is 0 Å². The highest BCUT2D eigenvalue weighted by molar-refractivity contribution is 6.30. The van der Waals surface area contributed by atoms with Gasteiger partial charge in [-0.05, 0) is 42.0 Å². The second-order valence-corrected chi connectivity index (χ2v) is 6.58. The number of anilines is 3. The average molecular weight is 432 g/mol. The van der Waals surface area contributed by atoms with Crippen molar-refractivity contribution in [3.8, 4) is 11.5 Å². The maximum atomic E-state index is 11.3. The quantitative estimate of drug-likeness (QED) is 0.310. The normalized spacial score (nSPS) is 11.6. The van der Waals surface area contributed by atoms with Crippen molar-refractivity contribution in [3.05, 3.63) is 69.4 Å². The molecule has 10 nitrogen and oxygen atoms in total. The van der Waals surface area contributed by atoms with Crippen molar-refractivity contribution in [1.82, 2.24) is 9.97 Å². The standard InChI is InChI=1S/C19H18ClN5O5/c1-30-17-8-11(2-7-15(17)26)16(27)10-21-18-14(25(28)29)9-22-19(24-18)23-13-5-3-12(20)4-6-13/h2-9,16,26-27H,10H2,1H3,(H2,21,22,23,24). The molecule has 0 saturated heterocycles. The number of aliphatic hydroxyl groups is 1. The molecule has 3 rings (SSSR count). The van der Waals surface area contributed by atoms with E-state index in [-0.39, 0.29) is 35.5 Å². The van der Waals surface area contributed by atoms with E-state index in [0.717, 1.165) is 6.20 Å². The van der Waals surface area contributed by atoms with E-state index in [1.54, 1.807) is 24.3 Å². The maximum Gasteiger partial charge on any atom is 0.329 e. The number of hydrogen-bond donors (Lipinski definition) is 4. The van der Waals surface area contributed by atoms with E-state index in [2.05, 4.69) is 20.6 Å². The zero-order chi connectivity index (χ0) is 21.7. The van der Waals surface area contributed by atoms with Gasteiger partial charge >= 0.3 is 5.69 Å². The molecule has 0 aliphatic rings. The van der Waals surface area contributed by atoms with Gasteiger partial charge in [-0.3, -0.25) is 10.1 Å². The molecule has 0 aliphatic carbocycles. The van der Waals surface area contributed by atoms with Crippen LogP contribution in [0.5, 0.6) is 11.5 Å². The van der Waals surface area contributed by atoms with Gasteiger partial charge in [-0.15, -0.1) is 0 Å². The number of benzene rings is 2. The van der Waals surface area contributed by atoms with Crippen LogP contribution in [0.15, 0.2) is 48.7 Å². The van der Waals surface area contributed by atoms with Crippen molar-refractivity contribution in [3.63, 3.8) is 0 Å². The minimum Gasteiger partial charge on any atom is -0.504 e. The van der Waals surface area contributed by atoms with Crippen LogP contribution >= 0.6 is 11.6 Å². The fourth-order valence-electron chi connectivity index (χ4n) is 2.57. The van der Waals surface area contributed by atoms with Gasteiger partial charge in [0.05, 0.1) is 18.1 Å². The molecule has 4 N–H and O–H groups in total. The Morgan fingerprint density at radius 3 is 2.67 bits per heavy atom. The van der Waals surface area contributed by atoms with Gasteiger partial charge in [-0.1, -0.05) is 17.7 Å². The number of aliphatic hydroxyl groups excluding tert-OH is 1. The summed E-state index contributed by atoms with van der Waals surface area (Å²) < 4.78 is 5.02. The molecule has 0 fully saturated rings. The number of methoxy groups -OCH3 is 1. The molecule has 0 amide bonds. The maximum absolute atomic E-state index is 11.3. The van der Waals surface area contributed by atoms with Gasteiger partial charge < -0.3 is 25.6 Å². The number of ether oxygens (including phenoxy) is 1. The molecule has 156 valence electrons. The molecule has 11 heteroatoms. The highest BCUT2D eigenvalue weighted by atomic mass is 35.5. The Labute approximate surface area is 176 Å². The van der Waals surface area contributed by atoms with E-state index in [4.69, 9.17) is 16.3 Å². The van der Waals surface area contributed by atoms with E-state index >= 15 is 0 Å². The van der Waals surface area contributed by atoms with Gasteiger partial charge in [-0.2, -0.15) is 4.98 Å². The third-order valence-corrected chi connectivity index (χ3v) is 4.37. The number of nitrogens with zero attached hydrogens (tertiary/aromatic N) is 3. The fourth-order valence-corrected chi connectivity index (χ4v) is 2.70. The zero-order valence-corrected chi connectivity index (χ0v) is 16.5. The van der Waals surface area contributed by atoms with Gasteiger partial charge in [0.2, 0.25) is 11.8 Å². The van der Waals surface area contributed by atoms with Crippen LogP contribution < -0.4 is 15.4 Å². The summed E-state index contributed by atoms with van der Waals surface area (Å²) in [4.78, 5) is 18.8. The topological polar surface area (TPSA) is 143 Å². The summed E-state index contributed by atoms with van der Waals surface area (Å²) in [6.45, 7) is -0.0772. The Morgan fingerprint density at radius 1 is 1.27 bits per heavy atom. The van der Waals surface area contributed by atoms with E-state index in [1.165, 1.54) is 25.3 Å². The van der Waals surface area contributed by atoms with Crippen molar-refractivity contribution >= 4 is 34.7 Å². The molecule has 2 aromatic carbocycles. The SMILES string of the molecule is COc1cc(C(O)CNc2nc(Nc3ccc(Cl)cc3)ncc2[N+](=O)[O-])ccc1O. The molecule has 30 heavy (non-hydrogen) atoms. The first-order chi connectivity index (χ1) is 14.4. The number of rotatable bonds is 8. The van der Waals surface area contributed by atoms with Crippen LogP contribution in [-0.4, -0.2) is 38.8 Å². The van der Waals surface area contributed by atoms with Crippen molar-refractivity contribution in [2.24, 2.45) is 0 Å². The second kappa shape index (κ2) is 9.25. The lowest BCUT2D eigenvalue weighted by atomic mass is 10.1. The summed E-state index contributed by atoms with van der Waals surface area (Å²) >= 11 is 5.86. The van der Waals surface area contributed by atoms with Crippen LogP contribution in [0.2, 0.25) is 5.02 Å².